The lowest BCUT2D eigenvalue weighted by Crippen LogP contribution is -2.59. The van der Waals surface area contributed by atoms with Gasteiger partial charge in [0.1, 0.15) is 12.1 Å². The summed E-state index contributed by atoms with van der Waals surface area (Å²) in [5, 5.41) is 12.9. The van der Waals surface area contributed by atoms with Crippen LogP contribution in [-0.4, -0.2) is 70.6 Å². The Hall–Kier alpha value is -2.06. The molecule has 2 heterocycles. The van der Waals surface area contributed by atoms with Crippen molar-refractivity contribution in [2.45, 2.75) is 64.1 Å². The molecule has 32 heavy (non-hydrogen) atoms. The number of thioether (sulfide) groups is 1. The molecule has 0 radical (unpaired) electrons. The first kappa shape index (κ1) is 24.6. The molecule has 2 saturated heterocycles. The maximum atomic E-state index is 13.4. The normalized spacial score (nSPS) is 24.8. The number of hydrogen-bond acceptors (Lipinski definition) is 6. The van der Waals surface area contributed by atoms with Crippen molar-refractivity contribution in [1.82, 2.24) is 10.2 Å². The van der Waals surface area contributed by atoms with Crippen LogP contribution in [0.1, 0.15) is 45.1 Å². The predicted molar refractivity (Wildman–Crippen MR) is 125 cm³/mol. The number of aryl methyl sites for hydroxylation is 1. The third-order valence-corrected chi connectivity index (χ3v) is 7.85. The predicted octanol–water partition coefficient (Wildman–Crippen LogP) is 2.73. The minimum Gasteiger partial charge on any atom is -0.480 e. The Kier molecular flexibility index (Phi) is 8.59. The fourth-order valence-corrected chi connectivity index (χ4v) is 6.23. The van der Waals surface area contributed by atoms with Gasteiger partial charge in [0.25, 0.3) is 0 Å². The Labute approximate surface area is 194 Å². The van der Waals surface area contributed by atoms with Gasteiger partial charge in [-0.3, -0.25) is 14.9 Å². The topological polar surface area (TPSA) is 95.9 Å². The zero-order valence-corrected chi connectivity index (χ0v) is 19.7. The lowest BCUT2D eigenvalue weighted by molar-refractivity contribution is -0.156. The lowest BCUT2D eigenvalue weighted by atomic mass is 9.77. The van der Waals surface area contributed by atoms with Crippen molar-refractivity contribution in [3.63, 3.8) is 0 Å². The van der Waals surface area contributed by atoms with Gasteiger partial charge >= 0.3 is 11.9 Å². The summed E-state index contributed by atoms with van der Waals surface area (Å²) in [5.41, 5.74) is 1.12. The van der Waals surface area contributed by atoms with Crippen molar-refractivity contribution in [1.29, 1.82) is 0 Å². The molecule has 0 aliphatic carbocycles. The summed E-state index contributed by atoms with van der Waals surface area (Å²) in [4.78, 5) is 39.4. The van der Waals surface area contributed by atoms with Gasteiger partial charge in [-0.25, -0.2) is 4.79 Å². The molecular weight excluding hydrogens is 428 g/mol. The number of carbonyl (C=O) groups is 3. The van der Waals surface area contributed by atoms with E-state index >= 15 is 0 Å². The van der Waals surface area contributed by atoms with Crippen LogP contribution < -0.4 is 5.32 Å². The van der Waals surface area contributed by atoms with Crippen molar-refractivity contribution in [3.05, 3.63) is 35.9 Å². The summed E-state index contributed by atoms with van der Waals surface area (Å²) in [6.07, 6.45) is 3.48. The van der Waals surface area contributed by atoms with Crippen molar-refractivity contribution in [2.24, 2.45) is 5.41 Å². The number of carboxylic acids is 1. The number of likely N-dealkylation sites (tertiary alicyclic amines) is 1. The monoisotopic (exact) mass is 462 g/mol. The average Bonchev–Trinajstić information content (AvgIpc) is 3.24. The van der Waals surface area contributed by atoms with E-state index in [0.29, 0.717) is 25.8 Å². The Morgan fingerprint density at radius 2 is 2.03 bits per heavy atom. The van der Waals surface area contributed by atoms with Gasteiger partial charge in [-0.15, -0.1) is 0 Å². The molecular formula is C24H34N2O5S. The second kappa shape index (κ2) is 11.2. The van der Waals surface area contributed by atoms with Crippen molar-refractivity contribution >= 4 is 29.6 Å². The Morgan fingerprint density at radius 3 is 2.66 bits per heavy atom. The minimum absolute atomic E-state index is 0.0137. The van der Waals surface area contributed by atoms with Gasteiger partial charge in [-0.1, -0.05) is 30.3 Å². The first-order valence-electron chi connectivity index (χ1n) is 11.4. The molecule has 1 aromatic carbocycles. The highest BCUT2D eigenvalue weighted by atomic mass is 32.2. The molecule has 2 aliphatic heterocycles. The Morgan fingerprint density at radius 1 is 1.28 bits per heavy atom. The van der Waals surface area contributed by atoms with E-state index in [1.54, 1.807) is 13.8 Å². The van der Waals surface area contributed by atoms with Crippen LogP contribution in [0.15, 0.2) is 30.3 Å². The molecule has 0 bridgehead atoms. The van der Waals surface area contributed by atoms with Crippen LogP contribution in [0.3, 0.4) is 0 Å². The number of aliphatic carboxylic acids is 1. The molecule has 7 nitrogen and oxygen atoms in total. The van der Waals surface area contributed by atoms with Gasteiger partial charge in [-0.05, 0) is 62.7 Å². The SMILES string of the molecule is CCOC(=O)C(CCc1ccccc1)N[C@@H](C)C(=O)N1CC2(CCSC2)CCC1C(=O)O. The zero-order valence-electron chi connectivity index (χ0n) is 18.9. The number of benzene rings is 1. The number of amides is 1. The standard InChI is InChI=1S/C24H34N2O5S/c1-3-31-23(30)19(10-9-18-7-5-4-6-8-18)25-17(2)21(27)26-15-24(13-14-32-16-24)12-11-20(26)22(28)29/h4-8,17,19-20,25H,3,9-16H2,1-2H3,(H,28,29)/t17-,19?,20?,24?/m0/s1. The molecule has 0 saturated carbocycles. The van der Waals surface area contributed by atoms with E-state index in [1.165, 1.54) is 4.90 Å². The third-order valence-electron chi connectivity index (χ3n) is 6.54. The molecule has 4 atom stereocenters. The van der Waals surface area contributed by atoms with Crippen LogP contribution in [0.25, 0.3) is 0 Å². The molecule has 3 rings (SSSR count). The van der Waals surface area contributed by atoms with E-state index in [2.05, 4.69) is 5.32 Å². The van der Waals surface area contributed by atoms with E-state index in [4.69, 9.17) is 4.74 Å². The maximum absolute atomic E-state index is 13.4. The highest BCUT2D eigenvalue weighted by Crippen LogP contribution is 2.44. The minimum atomic E-state index is -0.961. The largest absolute Gasteiger partial charge is 0.480 e. The van der Waals surface area contributed by atoms with E-state index in [1.807, 2.05) is 42.1 Å². The number of nitrogens with zero attached hydrogens (tertiary/aromatic N) is 1. The van der Waals surface area contributed by atoms with E-state index in [0.717, 1.165) is 29.9 Å². The third kappa shape index (κ3) is 6.04. The summed E-state index contributed by atoms with van der Waals surface area (Å²) in [6.45, 7) is 4.19. The number of carboxylic acid groups (broad SMARTS) is 1. The fraction of sp³-hybridized carbons (Fsp3) is 0.625. The van der Waals surface area contributed by atoms with Crippen LogP contribution >= 0.6 is 11.8 Å². The molecule has 1 aromatic rings. The fourth-order valence-electron chi connectivity index (χ4n) is 4.70. The molecule has 8 heteroatoms. The molecule has 2 aliphatic rings. The van der Waals surface area contributed by atoms with Gasteiger partial charge in [0.2, 0.25) is 5.91 Å². The Bertz CT molecular complexity index is 797. The molecule has 176 valence electrons. The average molecular weight is 463 g/mol. The number of ether oxygens (including phenoxy) is 1. The first-order chi connectivity index (χ1) is 15.3. The highest BCUT2D eigenvalue weighted by Gasteiger charge is 2.46. The quantitative estimate of drug-likeness (QED) is 0.545. The second-order valence-corrected chi connectivity index (χ2v) is 9.98. The molecule has 0 aromatic heterocycles. The van der Waals surface area contributed by atoms with Crippen molar-refractivity contribution in [3.8, 4) is 0 Å². The smallest absolute Gasteiger partial charge is 0.326 e. The molecule has 2 fully saturated rings. The number of rotatable bonds is 9. The van der Waals surface area contributed by atoms with Crippen molar-refractivity contribution < 1.29 is 24.2 Å². The summed E-state index contributed by atoms with van der Waals surface area (Å²) < 4.78 is 5.23. The summed E-state index contributed by atoms with van der Waals surface area (Å²) in [5.74, 6) is 0.408. The summed E-state index contributed by atoms with van der Waals surface area (Å²) in [6, 6.07) is 7.71. The van der Waals surface area contributed by atoms with E-state index in [9.17, 15) is 19.5 Å². The van der Waals surface area contributed by atoms with Gasteiger partial charge in [0.15, 0.2) is 0 Å². The van der Waals surface area contributed by atoms with Crippen LogP contribution in [-0.2, 0) is 25.5 Å². The maximum Gasteiger partial charge on any atom is 0.326 e. The highest BCUT2D eigenvalue weighted by molar-refractivity contribution is 7.99. The molecule has 1 amide bonds. The number of nitrogens with one attached hydrogen (secondary N) is 1. The van der Waals surface area contributed by atoms with E-state index < -0.39 is 24.1 Å². The van der Waals surface area contributed by atoms with Gasteiger partial charge < -0.3 is 14.7 Å². The van der Waals surface area contributed by atoms with Crippen LogP contribution in [0.5, 0.6) is 0 Å². The van der Waals surface area contributed by atoms with Crippen LogP contribution in [0, 0.1) is 5.41 Å². The van der Waals surface area contributed by atoms with Gasteiger partial charge in [-0.2, -0.15) is 11.8 Å². The van der Waals surface area contributed by atoms with Gasteiger partial charge in [0.05, 0.1) is 12.6 Å². The van der Waals surface area contributed by atoms with Crippen LogP contribution in [0.2, 0.25) is 0 Å². The molecule has 2 N–H and O–H groups in total. The molecule has 1 spiro atoms. The zero-order chi connectivity index (χ0) is 23.1. The summed E-state index contributed by atoms with van der Waals surface area (Å²) >= 11 is 1.87. The van der Waals surface area contributed by atoms with Crippen LogP contribution in [0.4, 0.5) is 0 Å². The van der Waals surface area contributed by atoms with Crippen molar-refractivity contribution in [2.75, 3.05) is 24.7 Å². The van der Waals surface area contributed by atoms with E-state index in [-0.39, 0.29) is 23.9 Å². The summed E-state index contributed by atoms with van der Waals surface area (Å²) in [7, 11) is 0. The lowest BCUT2D eigenvalue weighted by Gasteiger charge is -2.44. The first-order valence-corrected chi connectivity index (χ1v) is 12.6. The molecule has 3 unspecified atom stereocenters. The number of esters is 1. The number of piperidine rings is 1. The van der Waals surface area contributed by atoms with Gasteiger partial charge in [0, 0.05) is 12.3 Å². The Balaban J connectivity index is 1.69. The number of hydrogen-bond donors (Lipinski definition) is 2. The second-order valence-electron chi connectivity index (χ2n) is 8.88. The number of carbonyl (C=O) groups excluding carboxylic acids is 2.